The average Bonchev–Trinajstić information content (AvgIpc) is 2.57. The summed E-state index contributed by atoms with van der Waals surface area (Å²) in [6.07, 6.45) is 0. The van der Waals surface area contributed by atoms with E-state index in [1.807, 2.05) is 25.1 Å². The zero-order valence-electron chi connectivity index (χ0n) is 8.41. The lowest BCUT2D eigenvalue weighted by Crippen LogP contribution is -1.74. The first kappa shape index (κ1) is 8.36. The van der Waals surface area contributed by atoms with Gasteiger partial charge in [-0.3, -0.25) is 0 Å². The van der Waals surface area contributed by atoms with Gasteiger partial charge in [-0.05, 0) is 30.7 Å². The van der Waals surface area contributed by atoms with E-state index >= 15 is 0 Å². The van der Waals surface area contributed by atoms with E-state index in [0.717, 1.165) is 27.4 Å². The van der Waals surface area contributed by atoms with Crippen LogP contribution in [0.15, 0.2) is 36.4 Å². The molecule has 2 aromatic carbocycles. The molecule has 0 atom stereocenters. The summed E-state index contributed by atoms with van der Waals surface area (Å²) in [5.74, 6) is 0.321. The van der Waals surface area contributed by atoms with Gasteiger partial charge in [0, 0.05) is 16.3 Å². The van der Waals surface area contributed by atoms with Crippen LogP contribution >= 0.6 is 0 Å². The molecule has 3 rings (SSSR count). The minimum atomic E-state index is 0.321. The van der Waals surface area contributed by atoms with E-state index in [2.05, 4.69) is 17.1 Å². The van der Waals surface area contributed by atoms with Gasteiger partial charge in [0.2, 0.25) is 0 Å². The van der Waals surface area contributed by atoms with Gasteiger partial charge in [-0.15, -0.1) is 0 Å². The van der Waals surface area contributed by atoms with Gasteiger partial charge < -0.3 is 10.1 Å². The molecule has 0 aliphatic rings. The Kier molecular flexibility index (Phi) is 1.54. The van der Waals surface area contributed by atoms with Crippen molar-refractivity contribution in [3.8, 4) is 5.75 Å². The average molecular weight is 197 g/mol. The normalized spacial score (nSPS) is 11.3. The molecule has 0 bridgehead atoms. The van der Waals surface area contributed by atoms with Crippen LogP contribution in [0.1, 0.15) is 5.56 Å². The minimum absolute atomic E-state index is 0.321. The van der Waals surface area contributed by atoms with E-state index in [1.165, 1.54) is 0 Å². The largest absolute Gasteiger partial charge is 0.506 e. The highest BCUT2D eigenvalue weighted by molar-refractivity contribution is 6.09. The van der Waals surface area contributed by atoms with Gasteiger partial charge in [-0.25, -0.2) is 0 Å². The molecule has 0 saturated carbocycles. The second kappa shape index (κ2) is 2.76. The summed E-state index contributed by atoms with van der Waals surface area (Å²) in [7, 11) is 0. The number of hydrogen-bond acceptors (Lipinski definition) is 1. The molecule has 2 heteroatoms. The van der Waals surface area contributed by atoms with Crippen LogP contribution in [0.4, 0.5) is 0 Å². The van der Waals surface area contributed by atoms with Crippen LogP contribution in [0.25, 0.3) is 21.8 Å². The van der Waals surface area contributed by atoms with Crippen molar-refractivity contribution in [2.75, 3.05) is 0 Å². The highest BCUT2D eigenvalue weighted by Gasteiger charge is 2.07. The van der Waals surface area contributed by atoms with Crippen molar-refractivity contribution in [2.45, 2.75) is 6.92 Å². The smallest absolute Gasteiger partial charge is 0.139 e. The molecule has 0 radical (unpaired) electrons. The van der Waals surface area contributed by atoms with Gasteiger partial charge in [-0.1, -0.05) is 18.2 Å². The number of hydrogen-bond donors (Lipinski definition) is 2. The fourth-order valence-corrected chi connectivity index (χ4v) is 2.07. The quantitative estimate of drug-likeness (QED) is 0.569. The first-order valence-electron chi connectivity index (χ1n) is 4.96. The standard InChI is InChI=1S/C13H11NO/c1-8-6-10-9-4-2-3-5-11(9)14-13(10)12(15)7-8/h2-7,14-15H,1H3. The maximum absolute atomic E-state index is 9.82. The van der Waals surface area contributed by atoms with E-state index in [4.69, 9.17) is 0 Å². The SMILES string of the molecule is Cc1cc(O)c2[nH]c3ccccc3c2c1. The molecule has 0 fully saturated rings. The van der Waals surface area contributed by atoms with E-state index in [9.17, 15) is 5.11 Å². The van der Waals surface area contributed by atoms with E-state index in [-0.39, 0.29) is 0 Å². The summed E-state index contributed by atoms with van der Waals surface area (Å²) in [5, 5.41) is 12.1. The number of rotatable bonds is 0. The van der Waals surface area contributed by atoms with Crippen LogP contribution in [0.2, 0.25) is 0 Å². The molecular formula is C13H11NO. The fraction of sp³-hybridized carbons (Fsp3) is 0.0769. The molecule has 74 valence electrons. The molecule has 0 amide bonds. The van der Waals surface area contributed by atoms with Crippen LogP contribution in [0.3, 0.4) is 0 Å². The van der Waals surface area contributed by atoms with E-state index in [0.29, 0.717) is 5.75 Å². The number of aromatic amines is 1. The summed E-state index contributed by atoms with van der Waals surface area (Å²) in [4.78, 5) is 3.22. The van der Waals surface area contributed by atoms with Gasteiger partial charge in [0.05, 0.1) is 5.52 Å². The van der Waals surface area contributed by atoms with Crippen molar-refractivity contribution in [3.05, 3.63) is 42.0 Å². The Labute approximate surface area is 87.2 Å². The first-order valence-corrected chi connectivity index (χ1v) is 4.96. The Morgan fingerprint density at radius 1 is 1.07 bits per heavy atom. The number of aryl methyl sites for hydroxylation is 1. The Balaban J connectivity index is 2.61. The fourth-order valence-electron chi connectivity index (χ4n) is 2.07. The van der Waals surface area contributed by atoms with Gasteiger partial charge in [0.1, 0.15) is 5.75 Å². The summed E-state index contributed by atoms with van der Waals surface area (Å²) < 4.78 is 0. The molecule has 0 aliphatic heterocycles. The minimum Gasteiger partial charge on any atom is -0.506 e. The van der Waals surface area contributed by atoms with Crippen LogP contribution < -0.4 is 0 Å². The lowest BCUT2D eigenvalue weighted by atomic mass is 10.1. The summed E-state index contributed by atoms with van der Waals surface area (Å²) >= 11 is 0. The molecule has 0 saturated heterocycles. The highest BCUT2D eigenvalue weighted by Crippen LogP contribution is 2.31. The molecule has 15 heavy (non-hydrogen) atoms. The third-order valence-corrected chi connectivity index (χ3v) is 2.74. The number of nitrogens with one attached hydrogen (secondary N) is 1. The second-order valence-corrected chi connectivity index (χ2v) is 3.88. The van der Waals surface area contributed by atoms with Gasteiger partial charge in [0.15, 0.2) is 0 Å². The first-order chi connectivity index (χ1) is 7.25. The number of H-pyrrole nitrogens is 1. The summed E-state index contributed by atoms with van der Waals surface area (Å²) in [6.45, 7) is 1.99. The Morgan fingerprint density at radius 3 is 2.73 bits per heavy atom. The topological polar surface area (TPSA) is 36.0 Å². The number of phenolic OH excluding ortho intramolecular Hbond substituents is 1. The number of fused-ring (bicyclic) bond motifs is 3. The Hall–Kier alpha value is -1.96. The summed E-state index contributed by atoms with van der Waals surface area (Å²) in [5.41, 5.74) is 2.96. The van der Waals surface area contributed by atoms with Crippen molar-refractivity contribution in [3.63, 3.8) is 0 Å². The summed E-state index contributed by atoms with van der Waals surface area (Å²) in [6, 6.07) is 11.9. The number of phenols is 1. The number of para-hydroxylation sites is 1. The predicted molar refractivity (Wildman–Crippen MR) is 62.2 cm³/mol. The zero-order chi connectivity index (χ0) is 10.4. The molecule has 0 spiro atoms. The monoisotopic (exact) mass is 197 g/mol. The van der Waals surface area contributed by atoms with Gasteiger partial charge in [-0.2, -0.15) is 0 Å². The van der Waals surface area contributed by atoms with Crippen molar-refractivity contribution in [1.82, 2.24) is 4.98 Å². The van der Waals surface area contributed by atoms with Gasteiger partial charge in [0.25, 0.3) is 0 Å². The maximum atomic E-state index is 9.82. The lowest BCUT2D eigenvalue weighted by Gasteiger charge is -1.97. The molecule has 1 aromatic heterocycles. The number of aromatic hydroxyl groups is 1. The van der Waals surface area contributed by atoms with Crippen molar-refractivity contribution >= 4 is 21.8 Å². The lowest BCUT2D eigenvalue weighted by molar-refractivity contribution is 0.480. The Morgan fingerprint density at radius 2 is 1.87 bits per heavy atom. The van der Waals surface area contributed by atoms with E-state index < -0.39 is 0 Å². The third kappa shape index (κ3) is 1.11. The van der Waals surface area contributed by atoms with Gasteiger partial charge >= 0.3 is 0 Å². The number of aromatic nitrogens is 1. The second-order valence-electron chi connectivity index (χ2n) is 3.88. The van der Waals surface area contributed by atoms with Crippen LogP contribution in [-0.4, -0.2) is 10.1 Å². The van der Waals surface area contributed by atoms with E-state index in [1.54, 1.807) is 6.07 Å². The molecule has 1 heterocycles. The predicted octanol–water partition coefficient (Wildman–Crippen LogP) is 3.34. The third-order valence-electron chi connectivity index (χ3n) is 2.74. The molecule has 2 nitrogen and oxygen atoms in total. The van der Waals surface area contributed by atoms with Crippen molar-refractivity contribution in [1.29, 1.82) is 0 Å². The zero-order valence-corrected chi connectivity index (χ0v) is 8.41. The Bertz CT molecular complexity index is 652. The highest BCUT2D eigenvalue weighted by atomic mass is 16.3. The van der Waals surface area contributed by atoms with Crippen LogP contribution in [-0.2, 0) is 0 Å². The molecule has 0 aliphatic carbocycles. The molecule has 0 unspecified atom stereocenters. The maximum Gasteiger partial charge on any atom is 0.139 e. The van der Waals surface area contributed by atoms with Crippen molar-refractivity contribution in [2.24, 2.45) is 0 Å². The van der Waals surface area contributed by atoms with Crippen LogP contribution in [0.5, 0.6) is 5.75 Å². The number of benzene rings is 2. The van der Waals surface area contributed by atoms with Crippen LogP contribution in [0, 0.1) is 6.92 Å². The molecular weight excluding hydrogens is 186 g/mol. The molecule has 2 N–H and O–H groups in total. The molecule has 3 aromatic rings. The van der Waals surface area contributed by atoms with Crippen molar-refractivity contribution < 1.29 is 5.11 Å².